The molecule has 2 aromatic heterocycles. The van der Waals surface area contributed by atoms with Crippen LogP contribution in [0.2, 0.25) is 0 Å². The SMILES string of the molecule is Cc1ccc(C=O)c(-c2nc3c(N)ncnc3s2)c1. The number of carbonyl (C=O) groups is 1. The van der Waals surface area contributed by atoms with Crippen LogP contribution in [-0.4, -0.2) is 21.2 Å². The van der Waals surface area contributed by atoms with Crippen LogP contribution in [0.1, 0.15) is 15.9 Å². The van der Waals surface area contributed by atoms with Crippen LogP contribution in [0.25, 0.3) is 20.9 Å². The number of carbonyl (C=O) groups excluding carboxylic acids is 1. The smallest absolute Gasteiger partial charge is 0.154 e. The first-order valence-corrected chi connectivity index (χ1v) is 6.44. The second-order valence-electron chi connectivity index (χ2n) is 4.14. The first-order valence-electron chi connectivity index (χ1n) is 5.62. The van der Waals surface area contributed by atoms with Crippen LogP contribution in [0.5, 0.6) is 0 Å². The molecular formula is C13H10N4OS. The zero-order valence-corrected chi connectivity index (χ0v) is 10.9. The normalized spacial score (nSPS) is 10.8. The fourth-order valence-electron chi connectivity index (χ4n) is 1.84. The Morgan fingerprint density at radius 1 is 1.32 bits per heavy atom. The number of nitrogens with two attached hydrogens (primary N) is 1. The van der Waals surface area contributed by atoms with Gasteiger partial charge in [-0.25, -0.2) is 15.0 Å². The Morgan fingerprint density at radius 3 is 2.89 bits per heavy atom. The highest BCUT2D eigenvalue weighted by atomic mass is 32.1. The van der Waals surface area contributed by atoms with Gasteiger partial charge in [0.15, 0.2) is 12.1 Å². The number of fused-ring (bicyclic) bond motifs is 1. The number of benzene rings is 1. The standard InChI is InChI=1S/C13H10N4OS/c1-7-2-3-8(5-18)9(4-7)12-17-10-11(14)15-6-16-13(10)19-12/h2-6H,1H3,(H2,14,15,16). The van der Waals surface area contributed by atoms with Gasteiger partial charge in [0.1, 0.15) is 21.7 Å². The van der Waals surface area contributed by atoms with E-state index in [4.69, 9.17) is 5.73 Å². The molecule has 5 nitrogen and oxygen atoms in total. The van der Waals surface area contributed by atoms with Crippen LogP contribution in [0.15, 0.2) is 24.5 Å². The molecule has 3 aromatic rings. The third-order valence-electron chi connectivity index (χ3n) is 2.79. The summed E-state index contributed by atoms with van der Waals surface area (Å²) in [4.78, 5) is 24.3. The number of aromatic nitrogens is 3. The quantitative estimate of drug-likeness (QED) is 0.723. The zero-order valence-electron chi connectivity index (χ0n) is 10.1. The maximum atomic E-state index is 11.1. The topological polar surface area (TPSA) is 81.8 Å². The van der Waals surface area contributed by atoms with Gasteiger partial charge >= 0.3 is 0 Å². The molecule has 2 N–H and O–H groups in total. The number of hydrogen-bond acceptors (Lipinski definition) is 6. The van der Waals surface area contributed by atoms with Crippen LogP contribution in [-0.2, 0) is 0 Å². The first-order chi connectivity index (χ1) is 9.19. The number of aldehydes is 1. The largest absolute Gasteiger partial charge is 0.382 e. The molecule has 94 valence electrons. The van der Waals surface area contributed by atoms with Crippen molar-refractivity contribution in [3.05, 3.63) is 35.7 Å². The molecule has 0 fully saturated rings. The fraction of sp³-hybridized carbons (Fsp3) is 0.0769. The number of thiazole rings is 1. The van der Waals surface area contributed by atoms with E-state index >= 15 is 0 Å². The Balaban J connectivity index is 2.27. The molecule has 3 rings (SSSR count). The van der Waals surface area contributed by atoms with Crippen LogP contribution < -0.4 is 5.73 Å². The summed E-state index contributed by atoms with van der Waals surface area (Å²) in [5.74, 6) is 0.354. The lowest BCUT2D eigenvalue weighted by Gasteiger charge is -2.01. The van der Waals surface area contributed by atoms with Crippen molar-refractivity contribution in [2.24, 2.45) is 0 Å². The predicted octanol–water partition coefficient (Wildman–Crippen LogP) is 2.46. The molecular weight excluding hydrogens is 260 g/mol. The Bertz CT molecular complexity index is 781. The minimum absolute atomic E-state index is 0.354. The summed E-state index contributed by atoms with van der Waals surface area (Å²) >= 11 is 1.40. The van der Waals surface area contributed by atoms with Crippen molar-refractivity contribution >= 4 is 33.8 Å². The van der Waals surface area contributed by atoms with E-state index in [1.165, 1.54) is 17.7 Å². The molecule has 0 atom stereocenters. The Labute approximate surface area is 113 Å². The van der Waals surface area contributed by atoms with E-state index in [2.05, 4.69) is 15.0 Å². The second kappa shape index (κ2) is 4.40. The number of rotatable bonds is 2. The molecule has 6 heteroatoms. The molecule has 0 spiro atoms. The van der Waals surface area contributed by atoms with Gasteiger partial charge in [0.2, 0.25) is 0 Å². The minimum atomic E-state index is 0.354. The van der Waals surface area contributed by atoms with E-state index in [0.29, 0.717) is 16.9 Å². The Hall–Kier alpha value is -2.34. The molecule has 0 radical (unpaired) electrons. The molecule has 0 saturated heterocycles. The third-order valence-corrected chi connectivity index (χ3v) is 3.79. The number of nitrogen functional groups attached to an aromatic ring is 1. The highest BCUT2D eigenvalue weighted by Crippen LogP contribution is 2.32. The second-order valence-corrected chi connectivity index (χ2v) is 5.12. The number of aryl methyl sites for hydroxylation is 1. The summed E-state index contributed by atoms with van der Waals surface area (Å²) in [6, 6.07) is 5.62. The van der Waals surface area contributed by atoms with Gasteiger partial charge in [0, 0.05) is 11.1 Å². The van der Waals surface area contributed by atoms with Crippen LogP contribution in [0.4, 0.5) is 5.82 Å². The van der Waals surface area contributed by atoms with Crippen molar-refractivity contribution in [2.45, 2.75) is 6.92 Å². The van der Waals surface area contributed by atoms with Crippen molar-refractivity contribution in [1.29, 1.82) is 0 Å². The van der Waals surface area contributed by atoms with Crippen molar-refractivity contribution in [3.63, 3.8) is 0 Å². The number of nitrogens with zero attached hydrogens (tertiary/aromatic N) is 3. The molecule has 0 saturated carbocycles. The van der Waals surface area contributed by atoms with Crippen LogP contribution in [0, 0.1) is 6.92 Å². The lowest BCUT2D eigenvalue weighted by Crippen LogP contribution is -1.92. The number of hydrogen-bond donors (Lipinski definition) is 1. The van der Waals surface area contributed by atoms with Crippen LogP contribution >= 0.6 is 11.3 Å². The highest BCUT2D eigenvalue weighted by Gasteiger charge is 2.13. The van der Waals surface area contributed by atoms with E-state index in [0.717, 1.165) is 27.3 Å². The maximum Gasteiger partial charge on any atom is 0.154 e. The first kappa shape index (κ1) is 11.7. The summed E-state index contributed by atoms with van der Waals surface area (Å²) in [6.07, 6.45) is 2.24. The summed E-state index contributed by atoms with van der Waals surface area (Å²) < 4.78 is 0. The molecule has 0 amide bonds. The van der Waals surface area contributed by atoms with E-state index < -0.39 is 0 Å². The third kappa shape index (κ3) is 1.96. The van der Waals surface area contributed by atoms with Gasteiger partial charge in [0.25, 0.3) is 0 Å². The molecule has 0 bridgehead atoms. The summed E-state index contributed by atoms with van der Waals surface area (Å²) in [6.45, 7) is 1.97. The van der Waals surface area contributed by atoms with Gasteiger partial charge in [-0.3, -0.25) is 4.79 Å². The lowest BCUT2D eigenvalue weighted by molar-refractivity contribution is 0.112. The van der Waals surface area contributed by atoms with Crippen molar-refractivity contribution in [2.75, 3.05) is 5.73 Å². The zero-order chi connectivity index (χ0) is 13.4. The average Bonchev–Trinajstić information content (AvgIpc) is 2.84. The Kier molecular flexibility index (Phi) is 2.72. The minimum Gasteiger partial charge on any atom is -0.382 e. The van der Waals surface area contributed by atoms with Gasteiger partial charge in [-0.2, -0.15) is 0 Å². The van der Waals surface area contributed by atoms with Crippen molar-refractivity contribution in [3.8, 4) is 10.6 Å². The summed E-state index contributed by atoms with van der Waals surface area (Å²) in [5.41, 5.74) is 8.83. The van der Waals surface area contributed by atoms with E-state index in [1.807, 2.05) is 19.1 Å². The molecule has 0 aliphatic rings. The van der Waals surface area contributed by atoms with E-state index in [1.54, 1.807) is 6.07 Å². The molecule has 0 aliphatic heterocycles. The monoisotopic (exact) mass is 270 g/mol. The van der Waals surface area contributed by atoms with E-state index in [-0.39, 0.29) is 0 Å². The van der Waals surface area contributed by atoms with Gasteiger partial charge in [-0.15, -0.1) is 0 Å². The molecule has 0 unspecified atom stereocenters. The summed E-state index contributed by atoms with van der Waals surface area (Å²) in [7, 11) is 0. The van der Waals surface area contributed by atoms with Crippen molar-refractivity contribution in [1.82, 2.24) is 15.0 Å². The van der Waals surface area contributed by atoms with Gasteiger partial charge in [-0.1, -0.05) is 29.0 Å². The highest BCUT2D eigenvalue weighted by molar-refractivity contribution is 7.21. The molecule has 19 heavy (non-hydrogen) atoms. The predicted molar refractivity (Wildman–Crippen MR) is 75.2 cm³/mol. The average molecular weight is 270 g/mol. The molecule has 1 aromatic carbocycles. The van der Waals surface area contributed by atoms with E-state index in [9.17, 15) is 4.79 Å². The number of anilines is 1. The van der Waals surface area contributed by atoms with Crippen LogP contribution in [0.3, 0.4) is 0 Å². The van der Waals surface area contributed by atoms with Gasteiger partial charge < -0.3 is 5.73 Å². The van der Waals surface area contributed by atoms with Gasteiger partial charge in [0.05, 0.1) is 0 Å². The summed E-state index contributed by atoms with van der Waals surface area (Å²) in [5, 5.41) is 0.730. The Morgan fingerprint density at radius 2 is 2.16 bits per heavy atom. The van der Waals surface area contributed by atoms with Gasteiger partial charge in [-0.05, 0) is 13.0 Å². The van der Waals surface area contributed by atoms with Crippen molar-refractivity contribution < 1.29 is 4.79 Å². The maximum absolute atomic E-state index is 11.1. The molecule has 0 aliphatic carbocycles. The lowest BCUT2D eigenvalue weighted by atomic mass is 10.1. The molecule has 2 heterocycles. The fourth-order valence-corrected chi connectivity index (χ4v) is 2.80.